The summed E-state index contributed by atoms with van der Waals surface area (Å²) in [4.78, 5) is 2.18. The highest BCUT2D eigenvalue weighted by Gasteiger charge is 2.16. The lowest BCUT2D eigenvalue weighted by Crippen LogP contribution is -2.24. The zero-order valence-electron chi connectivity index (χ0n) is 14.6. The van der Waals surface area contributed by atoms with Gasteiger partial charge in [-0.1, -0.05) is 30.3 Å². The van der Waals surface area contributed by atoms with Gasteiger partial charge in [-0.15, -0.1) is 0 Å². The van der Waals surface area contributed by atoms with Crippen molar-refractivity contribution < 1.29 is 8.42 Å². The molecule has 0 amide bonds. The maximum absolute atomic E-state index is 12.0. The molecule has 0 aromatic heterocycles. The topological polar surface area (TPSA) is 49.4 Å². The van der Waals surface area contributed by atoms with Crippen molar-refractivity contribution in [3.8, 4) is 0 Å². The van der Waals surface area contributed by atoms with Crippen molar-refractivity contribution in [3.63, 3.8) is 0 Å². The van der Waals surface area contributed by atoms with E-state index in [0.717, 1.165) is 24.3 Å². The van der Waals surface area contributed by atoms with Gasteiger partial charge < -0.3 is 10.2 Å². The van der Waals surface area contributed by atoms with Crippen molar-refractivity contribution in [2.45, 2.75) is 24.9 Å². The molecule has 0 atom stereocenters. The molecule has 0 aliphatic heterocycles. The van der Waals surface area contributed by atoms with E-state index >= 15 is 0 Å². The summed E-state index contributed by atoms with van der Waals surface area (Å²) < 4.78 is 24.1. The third-order valence-corrected chi connectivity index (χ3v) is 6.16. The minimum Gasteiger partial charge on any atom is -0.383 e. The Bertz CT molecular complexity index is 743. The van der Waals surface area contributed by atoms with Crippen LogP contribution in [-0.4, -0.2) is 33.8 Å². The van der Waals surface area contributed by atoms with E-state index in [1.54, 1.807) is 13.8 Å². The molecule has 4 nitrogen and oxygen atoms in total. The minimum atomic E-state index is -3.07. The number of nitrogens with zero attached hydrogens (tertiary/aromatic N) is 1. The molecule has 5 heteroatoms. The van der Waals surface area contributed by atoms with Crippen LogP contribution in [0.4, 0.5) is 11.4 Å². The van der Waals surface area contributed by atoms with Crippen LogP contribution in [0.2, 0.25) is 0 Å². The second-order valence-corrected chi connectivity index (χ2v) is 8.80. The van der Waals surface area contributed by atoms with Gasteiger partial charge in [0, 0.05) is 31.5 Å². The Labute approximate surface area is 145 Å². The van der Waals surface area contributed by atoms with Crippen LogP contribution in [0, 0.1) is 0 Å². The van der Waals surface area contributed by atoms with E-state index in [2.05, 4.69) is 29.4 Å². The fourth-order valence-electron chi connectivity index (χ4n) is 2.35. The smallest absolute Gasteiger partial charge is 0.156 e. The first-order valence-electron chi connectivity index (χ1n) is 8.19. The molecule has 0 fully saturated rings. The Morgan fingerprint density at radius 1 is 1.04 bits per heavy atom. The Hall–Kier alpha value is -2.01. The predicted octanol–water partition coefficient (Wildman–Crippen LogP) is 3.56. The van der Waals surface area contributed by atoms with Crippen LogP contribution in [0.25, 0.3) is 0 Å². The molecule has 0 radical (unpaired) electrons. The van der Waals surface area contributed by atoms with Gasteiger partial charge in [0.2, 0.25) is 0 Å². The summed E-state index contributed by atoms with van der Waals surface area (Å²) in [6.45, 7) is 5.08. The number of sulfone groups is 1. The first-order chi connectivity index (χ1) is 11.4. The number of hydrogen-bond donors (Lipinski definition) is 1. The molecular weight excluding hydrogens is 320 g/mol. The van der Waals surface area contributed by atoms with Crippen molar-refractivity contribution in [1.82, 2.24) is 0 Å². The van der Waals surface area contributed by atoms with E-state index < -0.39 is 9.84 Å². The van der Waals surface area contributed by atoms with Crippen LogP contribution < -0.4 is 10.2 Å². The second-order valence-electron chi connectivity index (χ2n) is 6.24. The number of nitrogens with one attached hydrogen (secondary N) is 1. The highest BCUT2D eigenvalue weighted by molar-refractivity contribution is 7.91. The number of hydrogen-bond acceptors (Lipinski definition) is 4. The largest absolute Gasteiger partial charge is 0.383 e. The Kier molecular flexibility index (Phi) is 6.26. The maximum atomic E-state index is 12.0. The number of rotatable bonds is 8. The van der Waals surface area contributed by atoms with Crippen molar-refractivity contribution in [1.29, 1.82) is 0 Å². The quantitative estimate of drug-likeness (QED) is 0.794. The zero-order valence-corrected chi connectivity index (χ0v) is 15.4. The Balaban J connectivity index is 1.91. The van der Waals surface area contributed by atoms with Crippen LogP contribution in [-0.2, 0) is 15.6 Å². The molecule has 0 aliphatic rings. The number of likely N-dealkylation sites (N-methyl/N-ethyl adjacent to an activating group) is 1. The first kappa shape index (κ1) is 18.3. The van der Waals surface area contributed by atoms with Gasteiger partial charge in [-0.2, -0.15) is 0 Å². The van der Waals surface area contributed by atoms with Crippen LogP contribution in [0.5, 0.6) is 0 Å². The lowest BCUT2D eigenvalue weighted by molar-refractivity contribution is 0.586. The first-order valence-corrected chi connectivity index (χ1v) is 9.90. The lowest BCUT2D eigenvalue weighted by atomic mass is 10.2. The summed E-state index contributed by atoms with van der Waals surface area (Å²) in [5, 5.41) is 3.01. The lowest BCUT2D eigenvalue weighted by Gasteiger charge is -2.20. The molecule has 0 bridgehead atoms. The average molecular weight is 346 g/mol. The van der Waals surface area contributed by atoms with E-state index in [-0.39, 0.29) is 11.0 Å². The standard InChI is InChI=1S/C19H26N2O2S/c1-16(2)24(22,23)15-17-8-7-9-18(14-17)20-12-13-21(3)19-10-5-4-6-11-19/h4-11,14,16,20H,12-13,15H2,1-3H3. The monoisotopic (exact) mass is 346 g/mol. The van der Waals surface area contributed by atoms with Gasteiger partial charge in [-0.05, 0) is 43.7 Å². The number of benzene rings is 2. The van der Waals surface area contributed by atoms with Gasteiger partial charge in [0.05, 0.1) is 11.0 Å². The molecule has 0 aliphatic carbocycles. The van der Waals surface area contributed by atoms with E-state index in [9.17, 15) is 8.42 Å². The third kappa shape index (κ3) is 5.27. The highest BCUT2D eigenvalue weighted by atomic mass is 32.2. The summed E-state index contributed by atoms with van der Waals surface area (Å²) in [7, 11) is -1.02. The summed E-state index contributed by atoms with van der Waals surface area (Å²) in [6.07, 6.45) is 0. The number of anilines is 2. The van der Waals surface area contributed by atoms with Crippen molar-refractivity contribution in [2.75, 3.05) is 30.4 Å². The van der Waals surface area contributed by atoms with Crippen LogP contribution >= 0.6 is 0 Å². The molecule has 24 heavy (non-hydrogen) atoms. The van der Waals surface area contributed by atoms with E-state index in [1.807, 2.05) is 42.5 Å². The molecule has 130 valence electrons. The predicted molar refractivity (Wildman–Crippen MR) is 102 cm³/mol. The van der Waals surface area contributed by atoms with Gasteiger partial charge in [0.15, 0.2) is 9.84 Å². The zero-order chi connectivity index (χ0) is 17.6. The fraction of sp³-hybridized carbons (Fsp3) is 0.368. The van der Waals surface area contributed by atoms with Crippen LogP contribution in [0.1, 0.15) is 19.4 Å². The Morgan fingerprint density at radius 2 is 1.75 bits per heavy atom. The summed E-state index contributed by atoms with van der Waals surface area (Å²) in [6, 6.07) is 17.9. The molecule has 2 rings (SSSR count). The van der Waals surface area contributed by atoms with Gasteiger partial charge in [0.1, 0.15) is 0 Å². The molecule has 2 aromatic rings. The van der Waals surface area contributed by atoms with Gasteiger partial charge in [0.25, 0.3) is 0 Å². The van der Waals surface area contributed by atoms with E-state index in [4.69, 9.17) is 0 Å². The van der Waals surface area contributed by atoms with Gasteiger partial charge >= 0.3 is 0 Å². The van der Waals surface area contributed by atoms with E-state index in [0.29, 0.717) is 0 Å². The SMILES string of the molecule is CC(C)S(=O)(=O)Cc1cccc(NCCN(C)c2ccccc2)c1. The fourth-order valence-corrected chi connectivity index (χ4v) is 3.33. The van der Waals surface area contributed by atoms with E-state index in [1.165, 1.54) is 5.69 Å². The molecule has 1 N–H and O–H groups in total. The normalized spacial score (nSPS) is 11.5. The average Bonchev–Trinajstić information content (AvgIpc) is 2.55. The van der Waals surface area contributed by atoms with Crippen molar-refractivity contribution >= 4 is 21.2 Å². The highest BCUT2D eigenvalue weighted by Crippen LogP contribution is 2.16. The van der Waals surface area contributed by atoms with Crippen LogP contribution in [0.3, 0.4) is 0 Å². The van der Waals surface area contributed by atoms with Gasteiger partial charge in [-0.25, -0.2) is 8.42 Å². The molecule has 0 spiro atoms. The molecular formula is C19H26N2O2S. The molecule has 0 saturated carbocycles. The Morgan fingerprint density at radius 3 is 2.42 bits per heavy atom. The molecule has 0 heterocycles. The second kappa shape index (κ2) is 8.20. The maximum Gasteiger partial charge on any atom is 0.156 e. The molecule has 2 aromatic carbocycles. The van der Waals surface area contributed by atoms with Gasteiger partial charge in [-0.3, -0.25) is 0 Å². The number of para-hydroxylation sites is 1. The molecule has 0 saturated heterocycles. The summed E-state index contributed by atoms with van der Waals surface area (Å²) in [5.41, 5.74) is 2.95. The summed E-state index contributed by atoms with van der Waals surface area (Å²) >= 11 is 0. The van der Waals surface area contributed by atoms with Crippen LogP contribution in [0.15, 0.2) is 54.6 Å². The summed E-state index contributed by atoms with van der Waals surface area (Å²) in [5.74, 6) is 0.0874. The minimum absolute atomic E-state index is 0.0874. The van der Waals surface area contributed by atoms with Crippen molar-refractivity contribution in [3.05, 3.63) is 60.2 Å². The molecule has 0 unspecified atom stereocenters. The third-order valence-electron chi connectivity index (χ3n) is 3.99. The van der Waals surface area contributed by atoms with Crippen molar-refractivity contribution in [2.24, 2.45) is 0 Å².